The monoisotopic (exact) mass is 291 g/mol. The highest BCUT2D eigenvalue weighted by atomic mass is 16.5. The second kappa shape index (κ2) is 7.64. The highest BCUT2D eigenvalue weighted by Crippen LogP contribution is 2.15. The lowest BCUT2D eigenvalue weighted by Gasteiger charge is -2.15. The summed E-state index contributed by atoms with van der Waals surface area (Å²) in [5.74, 6) is -0.00872. The lowest BCUT2D eigenvalue weighted by Crippen LogP contribution is -2.39. The maximum Gasteiger partial charge on any atom is 0.411 e. The molecule has 1 heterocycles. The number of hydrogen-bond acceptors (Lipinski definition) is 4. The highest BCUT2D eigenvalue weighted by Gasteiger charge is 2.19. The Morgan fingerprint density at radius 2 is 1.76 bits per heavy atom. The number of benzene rings is 1. The third kappa shape index (κ3) is 4.75. The Labute approximate surface area is 124 Å². The molecule has 0 radical (unpaired) electrons. The van der Waals surface area contributed by atoms with Gasteiger partial charge in [-0.25, -0.2) is 4.79 Å². The lowest BCUT2D eigenvalue weighted by molar-refractivity contribution is -0.118. The van der Waals surface area contributed by atoms with Crippen LogP contribution in [0.25, 0.3) is 0 Å². The van der Waals surface area contributed by atoms with Gasteiger partial charge >= 0.3 is 6.09 Å². The molecule has 6 nitrogen and oxygen atoms in total. The van der Waals surface area contributed by atoms with Crippen molar-refractivity contribution in [2.75, 3.05) is 24.3 Å². The molecule has 21 heavy (non-hydrogen) atoms. The summed E-state index contributed by atoms with van der Waals surface area (Å²) >= 11 is 0. The molecule has 0 spiro atoms. The van der Waals surface area contributed by atoms with Crippen LogP contribution in [0.3, 0.4) is 0 Å². The number of ether oxygens (including phenoxy) is 1. The second-order valence-electron chi connectivity index (χ2n) is 5.04. The Kier molecular flexibility index (Phi) is 5.57. The van der Waals surface area contributed by atoms with Crippen molar-refractivity contribution >= 4 is 23.4 Å². The molecule has 2 amide bonds. The molecule has 114 valence electrons. The predicted molar refractivity (Wildman–Crippen MR) is 81.4 cm³/mol. The Bertz CT molecular complexity index is 479. The summed E-state index contributed by atoms with van der Waals surface area (Å²) in [6.45, 7) is 0.889. The molecule has 1 aliphatic rings. The molecule has 0 saturated carbocycles. The Hall–Kier alpha value is -2.08. The van der Waals surface area contributed by atoms with Crippen LogP contribution in [0.1, 0.15) is 25.7 Å². The first-order valence-corrected chi connectivity index (χ1v) is 7.18. The first-order valence-electron chi connectivity index (χ1n) is 7.18. The summed E-state index contributed by atoms with van der Waals surface area (Å²) in [6.07, 6.45) is 3.72. The van der Waals surface area contributed by atoms with E-state index in [0.29, 0.717) is 11.4 Å². The van der Waals surface area contributed by atoms with E-state index in [1.807, 2.05) is 0 Å². The van der Waals surface area contributed by atoms with E-state index in [4.69, 9.17) is 0 Å². The molecule has 0 bridgehead atoms. The number of methoxy groups -OCH3 is 1. The molecular formula is C15H21N3O3. The van der Waals surface area contributed by atoms with Gasteiger partial charge in [-0.15, -0.1) is 0 Å². The quantitative estimate of drug-likeness (QED) is 0.798. The van der Waals surface area contributed by atoms with Crippen LogP contribution in [0.2, 0.25) is 0 Å². The smallest absolute Gasteiger partial charge is 0.411 e. The van der Waals surface area contributed by atoms with E-state index >= 15 is 0 Å². The van der Waals surface area contributed by atoms with Gasteiger partial charge in [-0.1, -0.05) is 12.8 Å². The fourth-order valence-electron chi connectivity index (χ4n) is 2.29. The predicted octanol–water partition coefficient (Wildman–Crippen LogP) is 2.34. The third-order valence-electron chi connectivity index (χ3n) is 3.46. The van der Waals surface area contributed by atoms with Gasteiger partial charge < -0.3 is 15.4 Å². The van der Waals surface area contributed by atoms with Gasteiger partial charge in [0.2, 0.25) is 5.91 Å². The van der Waals surface area contributed by atoms with Gasteiger partial charge in [0.1, 0.15) is 0 Å². The van der Waals surface area contributed by atoms with Crippen molar-refractivity contribution in [3.8, 4) is 0 Å². The van der Waals surface area contributed by atoms with Crippen molar-refractivity contribution in [2.45, 2.75) is 31.7 Å². The van der Waals surface area contributed by atoms with Crippen LogP contribution in [-0.4, -0.2) is 31.7 Å². The van der Waals surface area contributed by atoms with Crippen molar-refractivity contribution in [3.05, 3.63) is 24.3 Å². The molecule has 2 rings (SSSR count). The van der Waals surface area contributed by atoms with Crippen molar-refractivity contribution in [1.82, 2.24) is 5.32 Å². The number of rotatable bonds is 3. The van der Waals surface area contributed by atoms with Gasteiger partial charge in [-0.05, 0) is 43.7 Å². The van der Waals surface area contributed by atoms with Crippen molar-refractivity contribution in [3.63, 3.8) is 0 Å². The topological polar surface area (TPSA) is 79.5 Å². The van der Waals surface area contributed by atoms with Crippen LogP contribution in [0.5, 0.6) is 0 Å². The molecule has 1 aromatic rings. The molecular weight excluding hydrogens is 270 g/mol. The van der Waals surface area contributed by atoms with Gasteiger partial charge in [0.05, 0.1) is 13.2 Å². The molecule has 1 atom stereocenters. The number of anilines is 2. The van der Waals surface area contributed by atoms with Crippen LogP contribution in [-0.2, 0) is 9.53 Å². The second-order valence-corrected chi connectivity index (χ2v) is 5.04. The van der Waals surface area contributed by atoms with Crippen molar-refractivity contribution < 1.29 is 14.3 Å². The van der Waals surface area contributed by atoms with Gasteiger partial charge in [0, 0.05) is 11.4 Å². The van der Waals surface area contributed by atoms with E-state index in [1.165, 1.54) is 13.5 Å². The first-order chi connectivity index (χ1) is 10.2. The molecule has 3 N–H and O–H groups in total. The van der Waals surface area contributed by atoms with Crippen molar-refractivity contribution in [1.29, 1.82) is 0 Å². The number of hydrogen-bond donors (Lipinski definition) is 3. The van der Waals surface area contributed by atoms with Gasteiger partial charge in [-0.3, -0.25) is 10.1 Å². The molecule has 1 fully saturated rings. The van der Waals surface area contributed by atoms with Crippen LogP contribution in [0, 0.1) is 0 Å². The molecule has 6 heteroatoms. The highest BCUT2D eigenvalue weighted by molar-refractivity contribution is 5.95. The Morgan fingerprint density at radius 3 is 2.43 bits per heavy atom. The van der Waals surface area contributed by atoms with E-state index in [9.17, 15) is 9.59 Å². The number of carbonyl (C=O) groups is 2. The van der Waals surface area contributed by atoms with Crippen LogP contribution < -0.4 is 16.0 Å². The summed E-state index contributed by atoms with van der Waals surface area (Å²) in [5.41, 5.74) is 1.33. The van der Waals surface area contributed by atoms with E-state index in [1.54, 1.807) is 24.3 Å². The van der Waals surface area contributed by atoms with E-state index in [0.717, 1.165) is 25.8 Å². The Balaban J connectivity index is 1.90. The maximum atomic E-state index is 12.2. The fourth-order valence-corrected chi connectivity index (χ4v) is 2.29. The maximum absolute atomic E-state index is 12.2. The average molecular weight is 291 g/mol. The zero-order valence-electron chi connectivity index (χ0n) is 12.1. The molecule has 0 aliphatic carbocycles. The molecule has 1 saturated heterocycles. The van der Waals surface area contributed by atoms with E-state index in [-0.39, 0.29) is 11.9 Å². The molecule has 0 aromatic heterocycles. The largest absolute Gasteiger partial charge is 0.453 e. The minimum absolute atomic E-state index is 0.00872. The molecule has 1 aliphatic heterocycles. The van der Waals surface area contributed by atoms with Gasteiger partial charge in [0.25, 0.3) is 0 Å². The van der Waals surface area contributed by atoms with Gasteiger partial charge in [-0.2, -0.15) is 0 Å². The minimum atomic E-state index is -0.519. The lowest BCUT2D eigenvalue weighted by atomic mass is 10.1. The average Bonchev–Trinajstić information content (AvgIpc) is 2.78. The standard InChI is InChI=1S/C15H21N3O3/c1-21-15(20)18-12-8-6-11(7-9-12)17-14(19)13-5-3-2-4-10-16-13/h6-9,13,16H,2-5,10H2,1H3,(H,17,19)(H,18,20). The van der Waals surface area contributed by atoms with Gasteiger partial charge in [0.15, 0.2) is 0 Å². The van der Waals surface area contributed by atoms with E-state index < -0.39 is 6.09 Å². The summed E-state index contributed by atoms with van der Waals surface area (Å²) in [5, 5.41) is 8.71. The molecule has 1 unspecified atom stereocenters. The minimum Gasteiger partial charge on any atom is -0.453 e. The van der Waals surface area contributed by atoms with E-state index in [2.05, 4.69) is 20.7 Å². The zero-order chi connectivity index (χ0) is 15.1. The first kappa shape index (κ1) is 15.3. The fraction of sp³-hybridized carbons (Fsp3) is 0.467. The van der Waals surface area contributed by atoms with Crippen molar-refractivity contribution in [2.24, 2.45) is 0 Å². The summed E-state index contributed by atoms with van der Waals surface area (Å²) < 4.78 is 4.51. The molecule has 1 aromatic carbocycles. The zero-order valence-corrected chi connectivity index (χ0v) is 12.1. The number of amides is 2. The summed E-state index contributed by atoms with van der Waals surface area (Å²) in [4.78, 5) is 23.2. The SMILES string of the molecule is COC(=O)Nc1ccc(NC(=O)C2CCCCCN2)cc1. The number of carbonyl (C=O) groups excluding carboxylic acids is 2. The number of nitrogens with one attached hydrogen (secondary N) is 3. The summed E-state index contributed by atoms with van der Waals surface area (Å²) in [7, 11) is 1.31. The normalized spacial score (nSPS) is 18.4. The van der Waals surface area contributed by atoms with Crippen LogP contribution in [0.4, 0.5) is 16.2 Å². The summed E-state index contributed by atoms with van der Waals surface area (Å²) in [6, 6.07) is 6.81. The Morgan fingerprint density at radius 1 is 1.10 bits per heavy atom. The third-order valence-corrected chi connectivity index (χ3v) is 3.46. The van der Waals surface area contributed by atoms with Crippen LogP contribution in [0.15, 0.2) is 24.3 Å². The van der Waals surface area contributed by atoms with Crippen LogP contribution >= 0.6 is 0 Å².